The minimum Gasteiger partial charge on any atom is -0.389 e. The molecular weight excluding hydrogens is 176 g/mol. The molecule has 1 atom stereocenters. The molecule has 0 bridgehead atoms. The number of anilines is 1. The first-order chi connectivity index (χ1) is 6.38. The molecule has 0 amide bonds. The standard InChI is InChI=1S/C11H18N2O/c1-8(14)9-5-6-10(12-7-9)13-11(2,3)4/h5-8,14H,1-4H3,(H,12,13)/t8-/m0/s1. The van der Waals surface area contributed by atoms with E-state index < -0.39 is 6.10 Å². The van der Waals surface area contributed by atoms with E-state index in [0.717, 1.165) is 11.4 Å². The van der Waals surface area contributed by atoms with Crippen LogP contribution >= 0.6 is 0 Å². The number of aliphatic hydroxyl groups excluding tert-OH is 1. The second kappa shape index (κ2) is 3.96. The number of hydrogen-bond acceptors (Lipinski definition) is 3. The fourth-order valence-corrected chi connectivity index (χ4v) is 1.11. The maximum absolute atomic E-state index is 9.29. The van der Waals surface area contributed by atoms with E-state index in [-0.39, 0.29) is 5.54 Å². The van der Waals surface area contributed by atoms with Gasteiger partial charge in [0.1, 0.15) is 5.82 Å². The Labute approximate surface area is 85.2 Å². The van der Waals surface area contributed by atoms with Crippen molar-refractivity contribution in [2.24, 2.45) is 0 Å². The monoisotopic (exact) mass is 194 g/mol. The molecule has 3 heteroatoms. The molecule has 0 unspecified atom stereocenters. The largest absolute Gasteiger partial charge is 0.389 e. The lowest BCUT2D eigenvalue weighted by atomic mass is 10.1. The number of hydrogen-bond donors (Lipinski definition) is 2. The minimum atomic E-state index is -0.453. The molecule has 0 aliphatic carbocycles. The summed E-state index contributed by atoms with van der Waals surface area (Å²) < 4.78 is 0. The molecule has 0 saturated heterocycles. The van der Waals surface area contributed by atoms with E-state index >= 15 is 0 Å². The van der Waals surface area contributed by atoms with E-state index in [2.05, 4.69) is 31.1 Å². The first kappa shape index (κ1) is 11.0. The lowest BCUT2D eigenvalue weighted by Crippen LogP contribution is -2.26. The third-order valence-corrected chi connectivity index (χ3v) is 1.77. The van der Waals surface area contributed by atoms with Crippen LogP contribution in [0, 0.1) is 0 Å². The molecule has 0 radical (unpaired) electrons. The van der Waals surface area contributed by atoms with Crippen molar-refractivity contribution < 1.29 is 5.11 Å². The Morgan fingerprint density at radius 3 is 2.36 bits per heavy atom. The van der Waals surface area contributed by atoms with Gasteiger partial charge in [-0.25, -0.2) is 4.98 Å². The van der Waals surface area contributed by atoms with E-state index in [9.17, 15) is 5.11 Å². The van der Waals surface area contributed by atoms with Crippen molar-refractivity contribution in [1.82, 2.24) is 4.98 Å². The van der Waals surface area contributed by atoms with E-state index in [1.165, 1.54) is 0 Å². The minimum absolute atomic E-state index is 0.0132. The summed E-state index contributed by atoms with van der Waals surface area (Å²) in [5.41, 5.74) is 0.851. The van der Waals surface area contributed by atoms with Gasteiger partial charge >= 0.3 is 0 Å². The van der Waals surface area contributed by atoms with Gasteiger partial charge in [-0.15, -0.1) is 0 Å². The van der Waals surface area contributed by atoms with Gasteiger partial charge in [0, 0.05) is 11.7 Å². The molecule has 0 aliphatic rings. The zero-order chi connectivity index (χ0) is 10.8. The van der Waals surface area contributed by atoms with Crippen molar-refractivity contribution in [2.75, 3.05) is 5.32 Å². The highest BCUT2D eigenvalue weighted by Gasteiger charge is 2.10. The van der Waals surface area contributed by atoms with Crippen LogP contribution in [-0.4, -0.2) is 15.6 Å². The molecule has 1 heterocycles. The van der Waals surface area contributed by atoms with Crippen LogP contribution in [-0.2, 0) is 0 Å². The molecule has 1 aromatic rings. The van der Waals surface area contributed by atoms with Gasteiger partial charge in [-0.2, -0.15) is 0 Å². The third kappa shape index (κ3) is 3.34. The number of nitrogens with zero attached hydrogens (tertiary/aromatic N) is 1. The van der Waals surface area contributed by atoms with Crippen LogP contribution in [0.2, 0.25) is 0 Å². The zero-order valence-corrected chi connectivity index (χ0v) is 9.20. The molecule has 1 rings (SSSR count). The Morgan fingerprint density at radius 2 is 2.00 bits per heavy atom. The maximum atomic E-state index is 9.29. The summed E-state index contributed by atoms with van der Waals surface area (Å²) in [6, 6.07) is 3.76. The van der Waals surface area contributed by atoms with Crippen LogP contribution in [0.1, 0.15) is 39.4 Å². The second-order valence-electron chi connectivity index (χ2n) is 4.53. The van der Waals surface area contributed by atoms with Gasteiger partial charge in [-0.1, -0.05) is 6.07 Å². The zero-order valence-electron chi connectivity index (χ0n) is 9.20. The third-order valence-electron chi connectivity index (χ3n) is 1.77. The van der Waals surface area contributed by atoms with Crippen LogP contribution in [0.3, 0.4) is 0 Å². The smallest absolute Gasteiger partial charge is 0.126 e. The van der Waals surface area contributed by atoms with Crippen molar-refractivity contribution in [2.45, 2.75) is 39.3 Å². The molecule has 0 aromatic carbocycles. The van der Waals surface area contributed by atoms with E-state index in [1.807, 2.05) is 12.1 Å². The molecule has 0 aliphatic heterocycles. The Bertz CT molecular complexity index is 285. The first-order valence-corrected chi connectivity index (χ1v) is 4.81. The summed E-state index contributed by atoms with van der Waals surface area (Å²) in [6.07, 6.45) is 1.24. The second-order valence-corrected chi connectivity index (χ2v) is 4.53. The Morgan fingerprint density at radius 1 is 1.36 bits per heavy atom. The number of pyridine rings is 1. The summed E-state index contributed by atoms with van der Waals surface area (Å²) in [5, 5.41) is 12.5. The number of aromatic nitrogens is 1. The molecule has 1 aromatic heterocycles. The Hall–Kier alpha value is -1.09. The van der Waals surface area contributed by atoms with Crippen molar-refractivity contribution in [3.63, 3.8) is 0 Å². The molecule has 0 saturated carbocycles. The Kier molecular flexibility index (Phi) is 3.11. The predicted molar refractivity (Wildman–Crippen MR) is 58.2 cm³/mol. The fourth-order valence-electron chi connectivity index (χ4n) is 1.11. The van der Waals surface area contributed by atoms with E-state index in [0.29, 0.717) is 0 Å². The van der Waals surface area contributed by atoms with Crippen LogP contribution < -0.4 is 5.32 Å². The molecular formula is C11H18N2O. The van der Waals surface area contributed by atoms with Crippen LogP contribution in [0.25, 0.3) is 0 Å². The van der Waals surface area contributed by atoms with Gasteiger partial charge in [0.2, 0.25) is 0 Å². The van der Waals surface area contributed by atoms with Gasteiger partial charge in [0.05, 0.1) is 6.10 Å². The lowest BCUT2D eigenvalue weighted by Gasteiger charge is -2.21. The molecule has 78 valence electrons. The summed E-state index contributed by atoms with van der Waals surface area (Å²) in [5.74, 6) is 0.835. The number of nitrogens with one attached hydrogen (secondary N) is 1. The number of rotatable bonds is 2. The Balaban J connectivity index is 2.74. The molecule has 0 fully saturated rings. The first-order valence-electron chi connectivity index (χ1n) is 4.81. The molecule has 2 N–H and O–H groups in total. The summed E-state index contributed by atoms with van der Waals surface area (Å²) in [6.45, 7) is 7.97. The fraction of sp³-hybridized carbons (Fsp3) is 0.545. The highest BCUT2D eigenvalue weighted by atomic mass is 16.3. The predicted octanol–water partition coefficient (Wildman–Crippen LogP) is 2.35. The van der Waals surface area contributed by atoms with Crippen LogP contribution in [0.15, 0.2) is 18.3 Å². The van der Waals surface area contributed by atoms with E-state index in [1.54, 1.807) is 13.1 Å². The average molecular weight is 194 g/mol. The normalized spacial score (nSPS) is 13.8. The summed E-state index contributed by atoms with van der Waals surface area (Å²) in [4.78, 5) is 4.21. The van der Waals surface area contributed by atoms with Crippen molar-refractivity contribution in [1.29, 1.82) is 0 Å². The maximum Gasteiger partial charge on any atom is 0.126 e. The van der Waals surface area contributed by atoms with Gasteiger partial charge in [0.25, 0.3) is 0 Å². The summed E-state index contributed by atoms with van der Waals surface area (Å²) in [7, 11) is 0. The quantitative estimate of drug-likeness (QED) is 0.759. The molecule has 0 spiro atoms. The van der Waals surface area contributed by atoms with Gasteiger partial charge < -0.3 is 10.4 Å². The number of aliphatic hydroxyl groups is 1. The van der Waals surface area contributed by atoms with Crippen molar-refractivity contribution in [3.05, 3.63) is 23.9 Å². The summed E-state index contributed by atoms with van der Waals surface area (Å²) >= 11 is 0. The highest BCUT2D eigenvalue weighted by Crippen LogP contribution is 2.15. The van der Waals surface area contributed by atoms with Gasteiger partial charge in [0.15, 0.2) is 0 Å². The SMILES string of the molecule is C[C@H](O)c1ccc(NC(C)(C)C)nc1. The molecule has 14 heavy (non-hydrogen) atoms. The van der Waals surface area contributed by atoms with Crippen molar-refractivity contribution >= 4 is 5.82 Å². The topological polar surface area (TPSA) is 45.1 Å². The van der Waals surface area contributed by atoms with Crippen molar-refractivity contribution in [3.8, 4) is 0 Å². The highest BCUT2D eigenvalue weighted by molar-refractivity contribution is 5.38. The molecule has 3 nitrogen and oxygen atoms in total. The van der Waals surface area contributed by atoms with Gasteiger partial charge in [-0.3, -0.25) is 0 Å². The lowest BCUT2D eigenvalue weighted by molar-refractivity contribution is 0.199. The van der Waals surface area contributed by atoms with Crippen LogP contribution in [0.5, 0.6) is 0 Å². The average Bonchev–Trinajstić information content (AvgIpc) is 2.02. The van der Waals surface area contributed by atoms with E-state index in [4.69, 9.17) is 0 Å². The van der Waals surface area contributed by atoms with Crippen LogP contribution in [0.4, 0.5) is 5.82 Å². The van der Waals surface area contributed by atoms with Gasteiger partial charge in [-0.05, 0) is 39.3 Å².